The Morgan fingerprint density at radius 3 is 2.27 bits per heavy atom. The molecule has 3 N–H and O–H groups in total. The van der Waals surface area contributed by atoms with Crippen LogP contribution in [0, 0.1) is 5.82 Å². The van der Waals surface area contributed by atoms with Crippen LogP contribution >= 0.6 is 0 Å². The number of carbonyl (C=O) groups excluding carboxylic acids is 2. The molecule has 0 saturated heterocycles. The number of benzene rings is 1. The van der Waals surface area contributed by atoms with Crippen LogP contribution in [-0.2, 0) is 12.7 Å². The number of halogens is 8. The molecule has 0 radical (unpaired) electrons. The molecule has 2 aromatic rings. The Bertz CT molecular complexity index is 1020. The molecule has 1 atom stereocenters. The third-order valence-electron chi connectivity index (χ3n) is 4.50. The second kappa shape index (κ2) is 9.33. The summed E-state index contributed by atoms with van der Waals surface area (Å²) in [5.74, 6) is -4.67. The van der Waals surface area contributed by atoms with Gasteiger partial charge in [0.2, 0.25) is 0 Å². The van der Waals surface area contributed by atoms with Crippen LogP contribution in [0.3, 0.4) is 0 Å². The zero-order valence-corrected chi connectivity index (χ0v) is 16.4. The number of primary amides is 1. The van der Waals surface area contributed by atoms with Crippen molar-refractivity contribution in [3.8, 4) is 0 Å². The molecule has 0 bridgehead atoms. The van der Waals surface area contributed by atoms with Crippen molar-refractivity contribution in [2.75, 3.05) is 19.8 Å². The Kier molecular flexibility index (Phi) is 7.36. The van der Waals surface area contributed by atoms with Gasteiger partial charge in [-0.3, -0.25) is 14.3 Å². The molecule has 15 heteroatoms. The number of carbonyl (C=O) groups is 2. The Labute approximate surface area is 180 Å². The van der Waals surface area contributed by atoms with Gasteiger partial charge in [0.1, 0.15) is 12.5 Å². The van der Waals surface area contributed by atoms with Gasteiger partial charge in [0.05, 0.1) is 36.0 Å². The number of amides is 2. The molecule has 0 aliphatic rings. The lowest BCUT2D eigenvalue weighted by Crippen LogP contribution is -2.57. The van der Waals surface area contributed by atoms with Crippen LogP contribution in [0.1, 0.15) is 26.3 Å². The highest BCUT2D eigenvalue weighted by Gasteiger charge is 2.56. The van der Waals surface area contributed by atoms with Gasteiger partial charge in [0.15, 0.2) is 5.60 Å². The molecule has 0 saturated carbocycles. The fraction of sp³-hybridized carbons (Fsp3) is 0.389. The van der Waals surface area contributed by atoms with Crippen LogP contribution in [0.5, 0.6) is 0 Å². The smallest absolute Gasteiger partial charge is 0.378 e. The quantitative estimate of drug-likeness (QED) is 0.558. The second-order valence-electron chi connectivity index (χ2n) is 6.90. The van der Waals surface area contributed by atoms with Gasteiger partial charge in [-0.25, -0.2) is 8.78 Å². The van der Waals surface area contributed by atoms with Crippen molar-refractivity contribution in [1.82, 2.24) is 14.7 Å². The maximum absolute atomic E-state index is 14.1. The Hall–Kier alpha value is -3.23. The highest BCUT2D eigenvalue weighted by Crippen LogP contribution is 2.36. The molecule has 0 aliphatic carbocycles. The number of nitrogens with two attached hydrogens (primary N) is 1. The van der Waals surface area contributed by atoms with Gasteiger partial charge in [-0.2, -0.15) is 31.4 Å². The van der Waals surface area contributed by atoms with Crippen LogP contribution in [0.4, 0.5) is 35.1 Å². The third-order valence-corrected chi connectivity index (χ3v) is 4.50. The third kappa shape index (κ3) is 5.77. The molecular formula is C18H16F8N4O3. The molecule has 1 aromatic heterocycles. The molecule has 1 unspecified atom stereocenters. The monoisotopic (exact) mass is 488 g/mol. The van der Waals surface area contributed by atoms with Gasteiger partial charge in [-0.15, -0.1) is 0 Å². The molecule has 0 spiro atoms. The number of hydrogen-bond donors (Lipinski definition) is 2. The number of aliphatic hydroxyl groups is 1. The van der Waals surface area contributed by atoms with E-state index in [-0.39, 0.29) is 10.5 Å². The summed E-state index contributed by atoms with van der Waals surface area (Å²) in [5.41, 5.74) is -2.64. The topological polar surface area (TPSA) is 101 Å². The minimum atomic E-state index is -5.51. The van der Waals surface area contributed by atoms with Gasteiger partial charge in [-0.1, -0.05) is 6.07 Å². The zero-order chi connectivity index (χ0) is 25.2. The molecule has 0 fully saturated rings. The predicted molar refractivity (Wildman–Crippen MR) is 95.0 cm³/mol. The Morgan fingerprint density at radius 1 is 1.15 bits per heavy atom. The lowest BCUT2D eigenvalue weighted by Gasteiger charge is -2.35. The number of rotatable bonds is 8. The SMILES string of the molecule is NC(=O)c1cnn(CC(O)(CN(CCF)C(=O)c2c(F)cccc2C(F)(F)F)C(F)(F)F)c1. The van der Waals surface area contributed by atoms with Crippen LogP contribution in [0.15, 0.2) is 30.6 Å². The van der Waals surface area contributed by atoms with Crippen molar-refractivity contribution in [2.24, 2.45) is 5.73 Å². The summed E-state index contributed by atoms with van der Waals surface area (Å²) in [6.45, 7) is -5.91. The van der Waals surface area contributed by atoms with E-state index in [1.165, 1.54) is 0 Å². The molecule has 2 amide bonds. The summed E-state index contributed by atoms with van der Waals surface area (Å²) < 4.78 is 108. The minimum absolute atomic E-state index is 0.0837. The largest absolute Gasteiger partial charge is 0.420 e. The van der Waals surface area contributed by atoms with E-state index in [4.69, 9.17) is 5.73 Å². The second-order valence-corrected chi connectivity index (χ2v) is 6.90. The number of hydrogen-bond acceptors (Lipinski definition) is 4. The maximum Gasteiger partial charge on any atom is 0.420 e. The maximum atomic E-state index is 14.1. The van der Waals surface area contributed by atoms with E-state index in [1.54, 1.807) is 0 Å². The normalized spacial score (nSPS) is 14.1. The van der Waals surface area contributed by atoms with E-state index in [9.17, 15) is 49.8 Å². The van der Waals surface area contributed by atoms with Crippen molar-refractivity contribution in [3.63, 3.8) is 0 Å². The summed E-state index contributed by atoms with van der Waals surface area (Å²) in [4.78, 5) is 23.6. The van der Waals surface area contributed by atoms with E-state index in [0.29, 0.717) is 22.9 Å². The first kappa shape index (κ1) is 26.0. The molecule has 182 valence electrons. The van der Waals surface area contributed by atoms with Crippen molar-refractivity contribution in [1.29, 1.82) is 0 Å². The lowest BCUT2D eigenvalue weighted by molar-refractivity contribution is -0.268. The fourth-order valence-electron chi connectivity index (χ4n) is 2.88. The standard InChI is InChI=1S/C18H16F8N4O3/c19-4-5-29(15(32)13-11(17(21,22)23)2-1-3-12(13)20)8-16(33,18(24,25)26)9-30-7-10(6-28-30)14(27)31/h1-3,6-7,33H,4-5,8-9H2,(H2,27,31). The number of alkyl halides is 7. The Morgan fingerprint density at radius 2 is 1.79 bits per heavy atom. The average molecular weight is 488 g/mol. The van der Waals surface area contributed by atoms with Crippen molar-refractivity contribution >= 4 is 11.8 Å². The van der Waals surface area contributed by atoms with Crippen molar-refractivity contribution in [2.45, 2.75) is 24.5 Å². The van der Waals surface area contributed by atoms with Crippen molar-refractivity contribution < 1.29 is 49.8 Å². The number of aromatic nitrogens is 2. The summed E-state index contributed by atoms with van der Waals surface area (Å²) in [7, 11) is 0. The molecule has 1 heterocycles. The van der Waals surface area contributed by atoms with E-state index in [2.05, 4.69) is 5.10 Å². The molecule has 1 aromatic carbocycles. The van der Waals surface area contributed by atoms with E-state index in [0.717, 1.165) is 12.4 Å². The fourth-order valence-corrected chi connectivity index (χ4v) is 2.88. The molecule has 7 nitrogen and oxygen atoms in total. The molecule has 33 heavy (non-hydrogen) atoms. The first-order valence-electron chi connectivity index (χ1n) is 8.93. The summed E-state index contributed by atoms with van der Waals surface area (Å²) in [5, 5.41) is 13.7. The van der Waals surface area contributed by atoms with E-state index in [1.807, 2.05) is 0 Å². The molecule has 2 rings (SSSR count). The van der Waals surface area contributed by atoms with Crippen LogP contribution < -0.4 is 5.73 Å². The van der Waals surface area contributed by atoms with Crippen LogP contribution in [0.25, 0.3) is 0 Å². The van der Waals surface area contributed by atoms with E-state index >= 15 is 0 Å². The zero-order valence-electron chi connectivity index (χ0n) is 16.4. The molecule has 0 aliphatic heterocycles. The van der Waals surface area contributed by atoms with Gasteiger partial charge < -0.3 is 15.7 Å². The van der Waals surface area contributed by atoms with Gasteiger partial charge in [0, 0.05) is 12.7 Å². The highest BCUT2D eigenvalue weighted by molar-refractivity contribution is 5.96. The van der Waals surface area contributed by atoms with Crippen LogP contribution in [-0.4, -0.2) is 63.1 Å². The van der Waals surface area contributed by atoms with Crippen LogP contribution in [0.2, 0.25) is 0 Å². The molecular weight excluding hydrogens is 472 g/mol. The summed E-state index contributed by atoms with van der Waals surface area (Å²) >= 11 is 0. The summed E-state index contributed by atoms with van der Waals surface area (Å²) in [6.07, 6.45) is -9.23. The Balaban J connectivity index is 2.48. The average Bonchev–Trinajstić information content (AvgIpc) is 3.14. The van der Waals surface area contributed by atoms with Gasteiger partial charge in [0.25, 0.3) is 11.8 Å². The minimum Gasteiger partial charge on any atom is -0.378 e. The lowest BCUT2D eigenvalue weighted by atomic mass is 10.00. The van der Waals surface area contributed by atoms with Crippen molar-refractivity contribution in [3.05, 3.63) is 53.1 Å². The van der Waals surface area contributed by atoms with Gasteiger partial charge >= 0.3 is 12.4 Å². The van der Waals surface area contributed by atoms with E-state index < -0.39 is 73.0 Å². The summed E-state index contributed by atoms with van der Waals surface area (Å²) in [6, 6.07) is 1.44. The number of nitrogens with zero attached hydrogens (tertiary/aromatic N) is 3. The predicted octanol–water partition coefficient (Wildman–Crippen LogP) is 2.55. The first-order valence-corrected chi connectivity index (χ1v) is 8.93. The van der Waals surface area contributed by atoms with Gasteiger partial charge in [-0.05, 0) is 12.1 Å². The first-order chi connectivity index (χ1) is 15.1. The highest BCUT2D eigenvalue weighted by atomic mass is 19.4.